The van der Waals surface area contributed by atoms with Crippen molar-refractivity contribution in [2.24, 2.45) is 4.99 Å². The summed E-state index contributed by atoms with van der Waals surface area (Å²) in [5.41, 5.74) is 0. The quantitative estimate of drug-likeness (QED) is 0.317. The lowest BCUT2D eigenvalue weighted by atomic mass is 10.2. The molecular formula is C15H31IN4O. The molecule has 1 heterocycles. The minimum Gasteiger partial charge on any atom is -0.357 e. The second-order valence-electron chi connectivity index (χ2n) is 5.29. The lowest BCUT2D eigenvalue weighted by molar-refractivity contribution is -0.130. The maximum absolute atomic E-state index is 11.3. The highest BCUT2D eigenvalue weighted by molar-refractivity contribution is 14.0. The van der Waals surface area contributed by atoms with Crippen LogP contribution in [-0.4, -0.2) is 60.9 Å². The molecule has 1 fully saturated rings. The number of carbonyl (C=O) groups is 1. The molecule has 1 saturated heterocycles. The summed E-state index contributed by atoms with van der Waals surface area (Å²) in [6, 6.07) is 0. The first-order chi connectivity index (χ1) is 9.69. The molecule has 1 aliphatic rings. The first-order valence-electron chi connectivity index (χ1n) is 7.97. The van der Waals surface area contributed by atoms with E-state index in [0.717, 1.165) is 51.6 Å². The fourth-order valence-electron chi connectivity index (χ4n) is 2.38. The highest BCUT2D eigenvalue weighted by atomic mass is 127. The number of piperazine rings is 1. The molecule has 0 spiro atoms. The van der Waals surface area contributed by atoms with Crippen molar-refractivity contribution in [1.29, 1.82) is 0 Å². The van der Waals surface area contributed by atoms with E-state index >= 15 is 0 Å². The molecule has 0 aliphatic carbocycles. The van der Waals surface area contributed by atoms with Gasteiger partial charge in [-0.15, -0.1) is 24.0 Å². The Morgan fingerprint density at radius 1 is 1.05 bits per heavy atom. The van der Waals surface area contributed by atoms with Crippen LogP contribution in [0.15, 0.2) is 4.99 Å². The molecule has 6 heteroatoms. The first kappa shape index (κ1) is 20.5. The summed E-state index contributed by atoms with van der Waals surface area (Å²) in [5.74, 6) is 1.18. The maximum Gasteiger partial charge on any atom is 0.219 e. The van der Waals surface area contributed by atoms with E-state index in [0.29, 0.717) is 0 Å². The molecule has 1 rings (SSSR count). The van der Waals surface area contributed by atoms with Gasteiger partial charge in [0.25, 0.3) is 0 Å². The Bertz CT molecular complexity index is 315. The number of aliphatic imine (C=N–C) groups is 1. The molecule has 0 aromatic heterocycles. The molecular weight excluding hydrogens is 379 g/mol. The Labute approximate surface area is 146 Å². The molecule has 0 saturated carbocycles. The van der Waals surface area contributed by atoms with Crippen molar-refractivity contribution in [2.45, 2.75) is 46.5 Å². The zero-order chi connectivity index (χ0) is 14.8. The van der Waals surface area contributed by atoms with Crippen LogP contribution in [0.1, 0.15) is 46.5 Å². The van der Waals surface area contributed by atoms with Gasteiger partial charge in [0.15, 0.2) is 5.96 Å². The number of amides is 1. The normalized spacial score (nSPS) is 15.7. The van der Waals surface area contributed by atoms with Crippen LogP contribution in [0.2, 0.25) is 0 Å². The number of hydrogen-bond acceptors (Lipinski definition) is 2. The number of guanidine groups is 1. The summed E-state index contributed by atoms with van der Waals surface area (Å²) in [4.78, 5) is 20.2. The molecule has 0 unspecified atom stereocenters. The summed E-state index contributed by atoms with van der Waals surface area (Å²) in [6.07, 6.45) is 4.98. The van der Waals surface area contributed by atoms with E-state index in [-0.39, 0.29) is 29.9 Å². The van der Waals surface area contributed by atoms with Crippen LogP contribution in [0.5, 0.6) is 0 Å². The van der Waals surface area contributed by atoms with Crippen LogP contribution in [-0.2, 0) is 4.79 Å². The molecule has 1 aliphatic heterocycles. The second kappa shape index (κ2) is 12.1. The minimum atomic E-state index is 0. The zero-order valence-corrected chi connectivity index (χ0v) is 16.1. The third-order valence-corrected chi connectivity index (χ3v) is 3.63. The van der Waals surface area contributed by atoms with Crippen molar-refractivity contribution >= 4 is 35.8 Å². The summed E-state index contributed by atoms with van der Waals surface area (Å²) in [7, 11) is 0. The Balaban J connectivity index is 0.00000400. The minimum absolute atomic E-state index is 0. The lowest BCUT2D eigenvalue weighted by Crippen LogP contribution is -2.53. The smallest absolute Gasteiger partial charge is 0.219 e. The summed E-state index contributed by atoms with van der Waals surface area (Å²) in [6.45, 7) is 11.1. The SMILES string of the molecule is CCCCCCN=C(NCC)N1CCN(C(C)=O)CC1.I. The molecule has 0 radical (unpaired) electrons. The predicted octanol–water partition coefficient (Wildman–Crippen LogP) is 2.31. The third-order valence-electron chi connectivity index (χ3n) is 3.63. The van der Waals surface area contributed by atoms with Gasteiger partial charge >= 0.3 is 0 Å². The molecule has 21 heavy (non-hydrogen) atoms. The van der Waals surface area contributed by atoms with Crippen LogP contribution in [0.3, 0.4) is 0 Å². The Hall–Kier alpha value is -0.530. The number of rotatable bonds is 6. The zero-order valence-electron chi connectivity index (χ0n) is 13.7. The van der Waals surface area contributed by atoms with Crippen molar-refractivity contribution in [3.63, 3.8) is 0 Å². The Morgan fingerprint density at radius 2 is 1.67 bits per heavy atom. The lowest BCUT2D eigenvalue weighted by Gasteiger charge is -2.36. The van der Waals surface area contributed by atoms with Gasteiger partial charge in [0.1, 0.15) is 0 Å². The van der Waals surface area contributed by atoms with E-state index in [4.69, 9.17) is 4.99 Å². The van der Waals surface area contributed by atoms with Gasteiger partial charge in [-0.05, 0) is 13.3 Å². The van der Waals surface area contributed by atoms with Gasteiger partial charge < -0.3 is 15.1 Å². The highest BCUT2D eigenvalue weighted by Crippen LogP contribution is 2.04. The van der Waals surface area contributed by atoms with Crippen molar-refractivity contribution in [2.75, 3.05) is 39.3 Å². The van der Waals surface area contributed by atoms with Crippen molar-refractivity contribution < 1.29 is 4.79 Å². The number of carbonyl (C=O) groups excluding carboxylic acids is 1. The van der Waals surface area contributed by atoms with Crippen molar-refractivity contribution in [1.82, 2.24) is 15.1 Å². The summed E-state index contributed by atoms with van der Waals surface area (Å²) in [5, 5.41) is 3.36. The van der Waals surface area contributed by atoms with E-state index in [1.165, 1.54) is 19.3 Å². The van der Waals surface area contributed by atoms with Gasteiger partial charge in [-0.3, -0.25) is 9.79 Å². The van der Waals surface area contributed by atoms with E-state index < -0.39 is 0 Å². The number of hydrogen-bond donors (Lipinski definition) is 1. The summed E-state index contributed by atoms with van der Waals surface area (Å²) >= 11 is 0. The third kappa shape index (κ3) is 7.87. The second-order valence-corrected chi connectivity index (χ2v) is 5.29. The average molecular weight is 410 g/mol. The number of unbranched alkanes of at least 4 members (excludes halogenated alkanes) is 3. The maximum atomic E-state index is 11.3. The first-order valence-corrected chi connectivity index (χ1v) is 7.97. The van der Waals surface area contributed by atoms with Crippen molar-refractivity contribution in [3.05, 3.63) is 0 Å². The molecule has 5 nitrogen and oxygen atoms in total. The summed E-state index contributed by atoms with van der Waals surface area (Å²) < 4.78 is 0. The van der Waals surface area contributed by atoms with Crippen LogP contribution < -0.4 is 5.32 Å². The molecule has 124 valence electrons. The molecule has 1 amide bonds. The van der Waals surface area contributed by atoms with Crippen LogP contribution in [0, 0.1) is 0 Å². The standard InChI is InChI=1S/C15H30N4O.HI/c1-4-6-7-8-9-17-15(16-5-2)19-12-10-18(11-13-19)14(3)20;/h4-13H2,1-3H3,(H,16,17);1H. The number of nitrogens with zero attached hydrogens (tertiary/aromatic N) is 3. The molecule has 0 aromatic rings. The predicted molar refractivity (Wildman–Crippen MR) is 99.4 cm³/mol. The fourth-order valence-corrected chi connectivity index (χ4v) is 2.38. The number of halogens is 1. The van der Waals surface area contributed by atoms with Gasteiger partial charge in [-0.25, -0.2) is 0 Å². The van der Waals surface area contributed by atoms with E-state index in [1.54, 1.807) is 6.92 Å². The molecule has 0 bridgehead atoms. The van der Waals surface area contributed by atoms with Crippen LogP contribution in [0.25, 0.3) is 0 Å². The van der Waals surface area contributed by atoms with Crippen molar-refractivity contribution in [3.8, 4) is 0 Å². The largest absolute Gasteiger partial charge is 0.357 e. The monoisotopic (exact) mass is 410 g/mol. The van der Waals surface area contributed by atoms with Gasteiger partial charge in [0.2, 0.25) is 5.91 Å². The van der Waals surface area contributed by atoms with E-state index in [2.05, 4.69) is 24.1 Å². The van der Waals surface area contributed by atoms with E-state index in [1.807, 2.05) is 4.90 Å². The molecule has 0 atom stereocenters. The van der Waals surface area contributed by atoms with E-state index in [9.17, 15) is 4.79 Å². The van der Waals surface area contributed by atoms with Gasteiger partial charge in [-0.2, -0.15) is 0 Å². The van der Waals surface area contributed by atoms with Crippen LogP contribution in [0.4, 0.5) is 0 Å². The fraction of sp³-hybridized carbons (Fsp3) is 0.867. The average Bonchev–Trinajstić information content (AvgIpc) is 2.46. The molecule has 0 aromatic carbocycles. The van der Waals surface area contributed by atoms with Crippen LogP contribution >= 0.6 is 24.0 Å². The molecule has 1 N–H and O–H groups in total. The van der Waals surface area contributed by atoms with Gasteiger partial charge in [0, 0.05) is 46.2 Å². The Morgan fingerprint density at radius 3 is 2.19 bits per heavy atom. The highest BCUT2D eigenvalue weighted by Gasteiger charge is 2.20. The number of nitrogens with one attached hydrogen (secondary N) is 1. The van der Waals surface area contributed by atoms with Gasteiger partial charge in [0.05, 0.1) is 0 Å². The topological polar surface area (TPSA) is 47.9 Å². The Kier molecular flexibility index (Phi) is 11.8. The van der Waals surface area contributed by atoms with Gasteiger partial charge in [-0.1, -0.05) is 26.2 Å².